The second kappa shape index (κ2) is 9.50. The largest absolute Gasteiger partial charge is 0.347 e. The molecule has 0 aliphatic carbocycles. The van der Waals surface area contributed by atoms with Crippen LogP contribution in [0.3, 0.4) is 0 Å². The lowest BCUT2D eigenvalue weighted by Gasteiger charge is -2.31. The zero-order valence-electron chi connectivity index (χ0n) is 16.5. The Morgan fingerprint density at radius 2 is 1.60 bits per heavy atom. The first kappa shape index (κ1) is 23.0. The lowest BCUT2D eigenvalue weighted by molar-refractivity contribution is -0.144. The van der Waals surface area contributed by atoms with Crippen molar-refractivity contribution in [2.45, 2.75) is 71.6 Å². The first-order valence-corrected chi connectivity index (χ1v) is 8.50. The lowest BCUT2D eigenvalue weighted by Crippen LogP contribution is -2.60. The zero-order valence-corrected chi connectivity index (χ0v) is 16.5. The van der Waals surface area contributed by atoms with E-state index < -0.39 is 35.2 Å². The summed E-state index contributed by atoms with van der Waals surface area (Å²) >= 11 is 0. The van der Waals surface area contributed by atoms with Gasteiger partial charge in [0.05, 0.1) is 6.04 Å². The van der Waals surface area contributed by atoms with Gasteiger partial charge in [-0.15, -0.1) is 0 Å². The van der Waals surface area contributed by atoms with Crippen molar-refractivity contribution < 1.29 is 19.2 Å². The predicted octanol–water partition coefficient (Wildman–Crippen LogP) is -0.180. The molecule has 3 amide bonds. The summed E-state index contributed by atoms with van der Waals surface area (Å²) in [5.74, 6) is -2.22. The van der Waals surface area contributed by atoms with Crippen LogP contribution in [0.15, 0.2) is 0 Å². The Balaban J connectivity index is 4.98. The summed E-state index contributed by atoms with van der Waals surface area (Å²) in [6.45, 7) is 9.87. The molecule has 0 aromatic carbocycles. The highest BCUT2D eigenvalue weighted by atomic mass is 16.2. The van der Waals surface area contributed by atoms with E-state index in [2.05, 4.69) is 16.0 Å². The van der Waals surface area contributed by atoms with Gasteiger partial charge >= 0.3 is 0 Å². The fraction of sp³-hybridized carbons (Fsp3) is 0.765. The molecule has 0 aliphatic heterocycles. The first-order chi connectivity index (χ1) is 11.4. The number of nitrogens with zero attached hydrogens (tertiary/aromatic N) is 1. The summed E-state index contributed by atoms with van der Waals surface area (Å²) in [6.07, 6.45) is 0.694. The van der Waals surface area contributed by atoms with E-state index in [9.17, 15) is 19.2 Å². The molecule has 8 heteroatoms. The van der Waals surface area contributed by atoms with Gasteiger partial charge in [-0.1, -0.05) is 6.92 Å². The number of hydrogen-bond donors (Lipinski definition) is 3. The first-order valence-electron chi connectivity index (χ1n) is 8.50. The molecule has 0 aromatic heterocycles. The summed E-state index contributed by atoms with van der Waals surface area (Å²) < 4.78 is 0. The molecule has 1 unspecified atom stereocenters. The summed E-state index contributed by atoms with van der Waals surface area (Å²) in [7, 11) is 3.17. The second-order valence-corrected chi connectivity index (χ2v) is 6.86. The number of hydrogen-bond acceptors (Lipinski definition) is 5. The summed E-state index contributed by atoms with van der Waals surface area (Å²) in [4.78, 5) is 50.2. The fourth-order valence-corrected chi connectivity index (χ4v) is 1.94. The third-order valence-electron chi connectivity index (χ3n) is 4.31. The van der Waals surface area contributed by atoms with Crippen LogP contribution in [0, 0.1) is 0 Å². The van der Waals surface area contributed by atoms with Gasteiger partial charge < -0.3 is 20.9 Å². The van der Waals surface area contributed by atoms with Crippen LogP contribution in [0.2, 0.25) is 0 Å². The van der Waals surface area contributed by atoms with Crippen molar-refractivity contribution in [2.24, 2.45) is 0 Å². The normalized spacial score (nSPS) is 14.9. The standard InChI is InChI=1S/C17H32N4O4/c1-9-10(2)19-15(24)13(22)17(5,6)20-14(23)12(4)21(8)16(25)11(3)18-7/h10-12,18H,9H2,1-8H3,(H,19,24)(H,20,23)/t10?,11-,12-/m0/s1. The third-order valence-corrected chi connectivity index (χ3v) is 4.31. The summed E-state index contributed by atoms with van der Waals surface area (Å²) in [6, 6.07) is -1.35. The van der Waals surface area contributed by atoms with Gasteiger partial charge in [-0.2, -0.15) is 0 Å². The smallest absolute Gasteiger partial charge is 0.290 e. The van der Waals surface area contributed by atoms with Crippen molar-refractivity contribution in [1.29, 1.82) is 0 Å². The van der Waals surface area contributed by atoms with E-state index in [0.717, 1.165) is 0 Å². The maximum atomic E-state index is 12.4. The Morgan fingerprint density at radius 3 is 2.04 bits per heavy atom. The van der Waals surface area contributed by atoms with Crippen molar-refractivity contribution in [1.82, 2.24) is 20.9 Å². The van der Waals surface area contributed by atoms with Crippen molar-refractivity contribution in [3.63, 3.8) is 0 Å². The highest BCUT2D eigenvalue weighted by Gasteiger charge is 2.37. The molecule has 0 spiro atoms. The molecule has 0 aliphatic rings. The van der Waals surface area contributed by atoms with Crippen molar-refractivity contribution in [2.75, 3.05) is 14.1 Å². The van der Waals surface area contributed by atoms with Crippen LogP contribution in [0.1, 0.15) is 48.0 Å². The van der Waals surface area contributed by atoms with Gasteiger partial charge in [-0.25, -0.2) is 0 Å². The Morgan fingerprint density at radius 1 is 1.08 bits per heavy atom. The third kappa shape index (κ3) is 6.45. The maximum Gasteiger partial charge on any atom is 0.290 e. The van der Waals surface area contributed by atoms with Crippen LogP contribution in [0.5, 0.6) is 0 Å². The fourth-order valence-electron chi connectivity index (χ4n) is 1.94. The molecule has 0 saturated heterocycles. The number of Topliss-reactive ketones (excluding diaryl/α,β-unsaturated/α-hetero) is 1. The topological polar surface area (TPSA) is 108 Å². The molecule has 3 N–H and O–H groups in total. The molecule has 0 fully saturated rings. The van der Waals surface area contributed by atoms with Gasteiger partial charge in [0.2, 0.25) is 17.6 Å². The summed E-state index contributed by atoms with van der Waals surface area (Å²) in [5, 5.41) is 7.96. The zero-order chi connectivity index (χ0) is 19.9. The van der Waals surface area contributed by atoms with Crippen LogP contribution in [0.25, 0.3) is 0 Å². The second-order valence-electron chi connectivity index (χ2n) is 6.86. The summed E-state index contributed by atoms with van der Waals surface area (Å²) in [5.41, 5.74) is -1.37. The molecule has 25 heavy (non-hydrogen) atoms. The van der Waals surface area contributed by atoms with Gasteiger partial charge in [0.1, 0.15) is 11.6 Å². The molecule has 0 bridgehead atoms. The number of carbonyl (C=O) groups is 4. The minimum absolute atomic E-state index is 0.131. The molecule has 0 heterocycles. The van der Waals surface area contributed by atoms with E-state index >= 15 is 0 Å². The monoisotopic (exact) mass is 356 g/mol. The highest BCUT2D eigenvalue weighted by Crippen LogP contribution is 2.08. The van der Waals surface area contributed by atoms with Crippen LogP contribution < -0.4 is 16.0 Å². The molecule has 8 nitrogen and oxygen atoms in total. The van der Waals surface area contributed by atoms with E-state index in [1.54, 1.807) is 27.8 Å². The number of amides is 3. The molecular formula is C17H32N4O4. The van der Waals surface area contributed by atoms with Crippen LogP contribution in [-0.2, 0) is 19.2 Å². The van der Waals surface area contributed by atoms with Crippen molar-refractivity contribution in [3.05, 3.63) is 0 Å². The van der Waals surface area contributed by atoms with E-state index in [-0.39, 0.29) is 11.9 Å². The minimum Gasteiger partial charge on any atom is -0.347 e. The average molecular weight is 356 g/mol. The van der Waals surface area contributed by atoms with Gasteiger partial charge in [0.15, 0.2) is 0 Å². The van der Waals surface area contributed by atoms with E-state index in [1.807, 2.05) is 6.92 Å². The SMILES string of the molecule is CCC(C)NC(=O)C(=O)C(C)(C)NC(=O)[C@H](C)N(C)C(=O)[C@H](C)NC. The Bertz CT molecular complexity index is 519. The van der Waals surface area contributed by atoms with E-state index in [0.29, 0.717) is 6.42 Å². The lowest BCUT2D eigenvalue weighted by atomic mass is 9.97. The molecular weight excluding hydrogens is 324 g/mol. The van der Waals surface area contributed by atoms with Crippen LogP contribution in [0.4, 0.5) is 0 Å². The van der Waals surface area contributed by atoms with E-state index in [1.165, 1.54) is 25.8 Å². The molecule has 3 atom stereocenters. The Labute approximate surface area is 150 Å². The van der Waals surface area contributed by atoms with Gasteiger partial charge in [-0.05, 0) is 48.1 Å². The number of carbonyl (C=O) groups excluding carboxylic acids is 4. The van der Waals surface area contributed by atoms with Gasteiger partial charge in [0.25, 0.3) is 5.91 Å². The van der Waals surface area contributed by atoms with Crippen LogP contribution >= 0.6 is 0 Å². The number of nitrogens with one attached hydrogen (secondary N) is 3. The Hall–Kier alpha value is -1.96. The van der Waals surface area contributed by atoms with Gasteiger partial charge in [0, 0.05) is 13.1 Å². The van der Waals surface area contributed by atoms with Gasteiger partial charge in [-0.3, -0.25) is 19.2 Å². The van der Waals surface area contributed by atoms with Crippen molar-refractivity contribution in [3.8, 4) is 0 Å². The predicted molar refractivity (Wildman–Crippen MR) is 95.9 cm³/mol. The molecule has 0 radical (unpaired) electrons. The minimum atomic E-state index is -1.37. The number of rotatable bonds is 9. The van der Waals surface area contributed by atoms with E-state index in [4.69, 9.17) is 0 Å². The maximum absolute atomic E-state index is 12.4. The van der Waals surface area contributed by atoms with Crippen molar-refractivity contribution >= 4 is 23.5 Å². The Kier molecular flexibility index (Phi) is 8.76. The quantitative estimate of drug-likeness (QED) is 0.497. The molecule has 0 rings (SSSR count). The highest BCUT2D eigenvalue weighted by molar-refractivity contribution is 6.39. The molecule has 0 aromatic rings. The molecule has 144 valence electrons. The number of likely N-dealkylation sites (N-methyl/N-ethyl adjacent to an activating group) is 2. The average Bonchev–Trinajstić information content (AvgIpc) is 2.57. The van der Waals surface area contributed by atoms with Crippen LogP contribution in [-0.4, -0.2) is 66.2 Å². The number of ketones is 1. The molecule has 0 saturated carbocycles.